The smallest absolute Gasteiger partial charge is 0.224 e. The molecule has 0 spiro atoms. The monoisotopic (exact) mass is 297 g/mol. The molecule has 0 bridgehead atoms. The van der Waals surface area contributed by atoms with Crippen molar-refractivity contribution >= 4 is 17.2 Å². The Hall–Kier alpha value is -2.69. The summed E-state index contributed by atoms with van der Waals surface area (Å²) < 4.78 is 15.4. The second kappa shape index (κ2) is 5.97. The molecule has 1 aromatic carbocycles. The van der Waals surface area contributed by atoms with Gasteiger partial charge in [-0.05, 0) is 37.1 Å². The fourth-order valence-corrected chi connectivity index (χ4v) is 2.40. The van der Waals surface area contributed by atoms with Crippen molar-refractivity contribution in [3.63, 3.8) is 0 Å². The highest BCUT2D eigenvalue weighted by Gasteiger charge is 2.09. The number of carbonyl (C=O) groups excluding carboxylic acids is 1. The van der Waals surface area contributed by atoms with Crippen LogP contribution in [-0.2, 0) is 11.2 Å². The van der Waals surface area contributed by atoms with Crippen LogP contribution in [-0.4, -0.2) is 15.3 Å². The second-order valence-electron chi connectivity index (χ2n) is 5.17. The number of nitrogens with one attached hydrogen (secondary N) is 1. The van der Waals surface area contributed by atoms with E-state index in [1.165, 1.54) is 6.07 Å². The Morgan fingerprint density at radius 1 is 1.27 bits per heavy atom. The van der Waals surface area contributed by atoms with Crippen LogP contribution in [0.5, 0.6) is 0 Å². The lowest BCUT2D eigenvalue weighted by Gasteiger charge is -2.07. The number of anilines is 1. The third kappa shape index (κ3) is 2.98. The highest BCUT2D eigenvalue weighted by molar-refractivity contribution is 5.94. The number of amides is 1. The Balaban J connectivity index is 1.70. The predicted molar refractivity (Wildman–Crippen MR) is 83.3 cm³/mol. The van der Waals surface area contributed by atoms with Crippen LogP contribution in [0.4, 0.5) is 10.1 Å². The van der Waals surface area contributed by atoms with Gasteiger partial charge in [0.05, 0.1) is 11.4 Å². The van der Waals surface area contributed by atoms with E-state index in [2.05, 4.69) is 10.3 Å². The molecule has 0 fully saturated rings. The van der Waals surface area contributed by atoms with Gasteiger partial charge in [-0.25, -0.2) is 9.37 Å². The molecule has 1 amide bonds. The van der Waals surface area contributed by atoms with Gasteiger partial charge in [-0.2, -0.15) is 0 Å². The van der Waals surface area contributed by atoms with E-state index in [0.29, 0.717) is 23.3 Å². The minimum absolute atomic E-state index is 0.156. The number of nitrogens with zero attached hydrogens (tertiary/aromatic N) is 2. The Morgan fingerprint density at radius 3 is 2.91 bits per heavy atom. The lowest BCUT2D eigenvalue weighted by atomic mass is 10.1. The number of hydrogen-bond acceptors (Lipinski definition) is 2. The summed E-state index contributed by atoms with van der Waals surface area (Å²) in [4.78, 5) is 16.5. The molecular formula is C17H16FN3O. The average Bonchev–Trinajstić information content (AvgIpc) is 2.88. The molecule has 0 saturated carbocycles. The molecule has 0 unspecified atom stereocenters. The molecule has 22 heavy (non-hydrogen) atoms. The van der Waals surface area contributed by atoms with Gasteiger partial charge in [-0.1, -0.05) is 18.2 Å². The van der Waals surface area contributed by atoms with Gasteiger partial charge in [0.25, 0.3) is 0 Å². The number of rotatable bonds is 4. The number of benzene rings is 1. The van der Waals surface area contributed by atoms with Gasteiger partial charge in [0.15, 0.2) is 5.65 Å². The quantitative estimate of drug-likeness (QED) is 0.802. The molecule has 0 aliphatic heterocycles. The number of carbonyl (C=O) groups is 1. The summed E-state index contributed by atoms with van der Waals surface area (Å²) in [6, 6.07) is 10.2. The first-order valence-electron chi connectivity index (χ1n) is 7.11. The van der Waals surface area contributed by atoms with E-state index >= 15 is 0 Å². The van der Waals surface area contributed by atoms with Gasteiger partial charge >= 0.3 is 0 Å². The van der Waals surface area contributed by atoms with Gasteiger partial charge in [-0.15, -0.1) is 0 Å². The molecule has 0 radical (unpaired) electrons. The normalized spacial score (nSPS) is 10.8. The Labute approximate surface area is 127 Å². The first kappa shape index (κ1) is 14.3. The molecule has 3 aromatic rings. The molecule has 2 heterocycles. The zero-order valence-electron chi connectivity index (χ0n) is 12.2. The van der Waals surface area contributed by atoms with Crippen LogP contribution in [0.1, 0.15) is 17.7 Å². The molecular weight excluding hydrogens is 281 g/mol. The largest absolute Gasteiger partial charge is 0.323 e. The Morgan fingerprint density at radius 2 is 2.09 bits per heavy atom. The summed E-state index contributed by atoms with van der Waals surface area (Å²) in [6.07, 6.45) is 4.37. The van der Waals surface area contributed by atoms with Gasteiger partial charge in [-0.3, -0.25) is 4.79 Å². The van der Waals surface area contributed by atoms with Crippen molar-refractivity contribution in [3.8, 4) is 0 Å². The first-order valence-corrected chi connectivity index (χ1v) is 7.11. The number of aromatic nitrogens is 2. The maximum absolute atomic E-state index is 13.5. The lowest BCUT2D eigenvalue weighted by Crippen LogP contribution is -2.13. The Kier molecular flexibility index (Phi) is 3.87. The maximum atomic E-state index is 13.5. The summed E-state index contributed by atoms with van der Waals surface area (Å²) in [7, 11) is 0. The lowest BCUT2D eigenvalue weighted by molar-refractivity contribution is -0.116. The summed E-state index contributed by atoms with van der Waals surface area (Å²) in [6.45, 7) is 1.90. The SMILES string of the molecule is Cc1cn2cccc(NC(=O)CCc3ccccc3F)c2n1. The van der Waals surface area contributed by atoms with Crippen LogP contribution >= 0.6 is 0 Å². The molecule has 1 N–H and O–H groups in total. The van der Waals surface area contributed by atoms with E-state index in [0.717, 1.165) is 5.69 Å². The van der Waals surface area contributed by atoms with E-state index in [1.807, 2.05) is 35.9 Å². The fraction of sp³-hybridized carbons (Fsp3) is 0.176. The minimum atomic E-state index is -0.277. The molecule has 0 aliphatic carbocycles. The van der Waals surface area contributed by atoms with Gasteiger partial charge < -0.3 is 9.72 Å². The van der Waals surface area contributed by atoms with Crippen LogP contribution in [0.25, 0.3) is 5.65 Å². The molecule has 0 aliphatic rings. The van der Waals surface area contributed by atoms with Gasteiger partial charge in [0, 0.05) is 18.8 Å². The molecule has 0 saturated heterocycles. The van der Waals surface area contributed by atoms with Crippen molar-refractivity contribution in [2.24, 2.45) is 0 Å². The Bertz CT molecular complexity index is 826. The molecule has 4 nitrogen and oxygen atoms in total. The van der Waals surface area contributed by atoms with Crippen LogP contribution in [0.2, 0.25) is 0 Å². The van der Waals surface area contributed by atoms with E-state index in [1.54, 1.807) is 18.2 Å². The molecule has 3 rings (SSSR count). The molecule has 0 atom stereocenters. The van der Waals surface area contributed by atoms with Crippen LogP contribution < -0.4 is 5.32 Å². The van der Waals surface area contributed by atoms with Crippen LogP contribution in [0.3, 0.4) is 0 Å². The number of imidazole rings is 1. The van der Waals surface area contributed by atoms with Crippen molar-refractivity contribution in [1.29, 1.82) is 0 Å². The third-order valence-corrected chi connectivity index (χ3v) is 3.46. The van der Waals surface area contributed by atoms with E-state index < -0.39 is 0 Å². The van der Waals surface area contributed by atoms with Crippen molar-refractivity contribution in [3.05, 3.63) is 65.9 Å². The molecule has 2 aromatic heterocycles. The number of fused-ring (bicyclic) bond motifs is 1. The number of halogens is 1. The first-order chi connectivity index (χ1) is 10.6. The third-order valence-electron chi connectivity index (χ3n) is 3.46. The zero-order valence-corrected chi connectivity index (χ0v) is 12.2. The van der Waals surface area contributed by atoms with Gasteiger partial charge in [0.1, 0.15) is 5.82 Å². The molecule has 112 valence electrons. The average molecular weight is 297 g/mol. The van der Waals surface area contributed by atoms with Crippen molar-refractivity contribution < 1.29 is 9.18 Å². The summed E-state index contributed by atoms with van der Waals surface area (Å²) in [5.74, 6) is -0.432. The zero-order chi connectivity index (χ0) is 15.5. The summed E-state index contributed by atoms with van der Waals surface area (Å²) in [5.41, 5.74) is 2.80. The standard InChI is InChI=1S/C17H16FN3O/c1-12-11-21-10-4-7-15(17(21)19-12)20-16(22)9-8-13-5-2-3-6-14(13)18/h2-7,10-11H,8-9H2,1H3,(H,20,22). The number of hydrogen-bond donors (Lipinski definition) is 1. The van der Waals surface area contributed by atoms with Gasteiger partial charge in [0.2, 0.25) is 5.91 Å². The molecule has 5 heteroatoms. The maximum Gasteiger partial charge on any atom is 0.224 e. The second-order valence-corrected chi connectivity index (χ2v) is 5.17. The highest BCUT2D eigenvalue weighted by atomic mass is 19.1. The highest BCUT2D eigenvalue weighted by Crippen LogP contribution is 2.17. The van der Waals surface area contributed by atoms with Crippen molar-refractivity contribution in [1.82, 2.24) is 9.38 Å². The summed E-state index contributed by atoms with van der Waals surface area (Å²) >= 11 is 0. The van der Waals surface area contributed by atoms with Crippen molar-refractivity contribution in [2.75, 3.05) is 5.32 Å². The van der Waals surface area contributed by atoms with E-state index in [4.69, 9.17) is 0 Å². The van der Waals surface area contributed by atoms with E-state index in [-0.39, 0.29) is 18.1 Å². The topological polar surface area (TPSA) is 46.4 Å². The fourth-order valence-electron chi connectivity index (χ4n) is 2.40. The van der Waals surface area contributed by atoms with Crippen LogP contribution in [0, 0.1) is 12.7 Å². The minimum Gasteiger partial charge on any atom is -0.323 e. The predicted octanol–water partition coefficient (Wildman–Crippen LogP) is 3.35. The van der Waals surface area contributed by atoms with Crippen molar-refractivity contribution in [2.45, 2.75) is 19.8 Å². The summed E-state index contributed by atoms with van der Waals surface area (Å²) in [5, 5.41) is 2.84. The number of aryl methyl sites for hydroxylation is 2. The van der Waals surface area contributed by atoms with Crippen LogP contribution in [0.15, 0.2) is 48.8 Å². The number of pyridine rings is 1. The van der Waals surface area contributed by atoms with E-state index in [9.17, 15) is 9.18 Å².